The van der Waals surface area contributed by atoms with Crippen molar-refractivity contribution in [2.75, 3.05) is 7.11 Å². The molecule has 0 spiro atoms. The SMILES string of the molecule is COc1ccc(C)cc1CSc1nnc(CCC(N)=O)n1C. The third-order valence-corrected chi connectivity index (χ3v) is 4.38. The molecule has 1 aromatic heterocycles. The van der Waals surface area contributed by atoms with Crippen molar-refractivity contribution in [3.8, 4) is 5.75 Å². The first-order chi connectivity index (χ1) is 10.5. The molecule has 0 radical (unpaired) electrons. The van der Waals surface area contributed by atoms with Crippen molar-refractivity contribution < 1.29 is 9.53 Å². The van der Waals surface area contributed by atoms with Crippen LogP contribution < -0.4 is 10.5 Å². The highest BCUT2D eigenvalue weighted by molar-refractivity contribution is 7.98. The molecule has 0 aliphatic rings. The van der Waals surface area contributed by atoms with Crippen LogP contribution in [0.4, 0.5) is 0 Å². The molecule has 0 fully saturated rings. The van der Waals surface area contributed by atoms with Crippen molar-refractivity contribution in [3.63, 3.8) is 0 Å². The number of rotatable bonds is 7. The smallest absolute Gasteiger partial charge is 0.217 e. The molecule has 0 aliphatic heterocycles. The van der Waals surface area contributed by atoms with Gasteiger partial charge in [0.15, 0.2) is 5.16 Å². The average Bonchev–Trinajstić information content (AvgIpc) is 2.83. The summed E-state index contributed by atoms with van der Waals surface area (Å²) < 4.78 is 7.28. The lowest BCUT2D eigenvalue weighted by atomic mass is 10.1. The molecule has 6 nitrogen and oxygen atoms in total. The molecule has 1 amide bonds. The van der Waals surface area contributed by atoms with Crippen molar-refractivity contribution in [3.05, 3.63) is 35.2 Å². The van der Waals surface area contributed by atoms with E-state index in [9.17, 15) is 4.79 Å². The Morgan fingerprint density at radius 3 is 2.86 bits per heavy atom. The molecule has 1 heterocycles. The summed E-state index contributed by atoms with van der Waals surface area (Å²) in [7, 11) is 3.56. The second-order valence-electron chi connectivity index (χ2n) is 5.03. The van der Waals surface area contributed by atoms with Crippen LogP contribution >= 0.6 is 11.8 Å². The molecule has 0 atom stereocenters. The molecule has 0 aliphatic carbocycles. The molecule has 0 unspecified atom stereocenters. The summed E-state index contributed by atoms with van der Waals surface area (Å²) in [5.74, 6) is 2.04. The number of nitrogens with two attached hydrogens (primary N) is 1. The van der Waals surface area contributed by atoms with Crippen molar-refractivity contribution in [2.24, 2.45) is 12.8 Å². The molecule has 0 saturated heterocycles. The van der Waals surface area contributed by atoms with Crippen LogP contribution in [-0.2, 0) is 24.0 Å². The molecule has 2 rings (SSSR count). The van der Waals surface area contributed by atoms with Gasteiger partial charge >= 0.3 is 0 Å². The number of aryl methyl sites for hydroxylation is 2. The Labute approximate surface area is 134 Å². The minimum Gasteiger partial charge on any atom is -0.496 e. The van der Waals surface area contributed by atoms with Crippen LogP contribution in [-0.4, -0.2) is 27.8 Å². The highest BCUT2D eigenvalue weighted by Gasteiger charge is 2.12. The first-order valence-electron chi connectivity index (χ1n) is 6.94. The second-order valence-corrected chi connectivity index (χ2v) is 5.97. The Kier molecular flexibility index (Phi) is 5.43. The standard InChI is InChI=1S/C15H20N4O2S/c1-10-4-5-12(21-3)11(8-10)9-22-15-18-17-14(19(15)2)7-6-13(16)20/h4-5,8H,6-7,9H2,1-3H3,(H2,16,20). The number of hydrogen-bond donors (Lipinski definition) is 1. The number of thioether (sulfide) groups is 1. The normalized spacial score (nSPS) is 10.7. The Hall–Kier alpha value is -2.02. The molecule has 2 aromatic rings. The number of methoxy groups -OCH3 is 1. The van der Waals surface area contributed by atoms with Crippen molar-refractivity contribution in [1.82, 2.24) is 14.8 Å². The Morgan fingerprint density at radius 1 is 1.41 bits per heavy atom. The zero-order valence-corrected chi connectivity index (χ0v) is 13.8. The highest BCUT2D eigenvalue weighted by Crippen LogP contribution is 2.28. The molecular formula is C15H20N4O2S. The number of ether oxygens (including phenoxy) is 1. The van der Waals surface area contributed by atoms with E-state index in [4.69, 9.17) is 10.5 Å². The number of carbonyl (C=O) groups excluding carboxylic acids is 1. The van der Waals surface area contributed by atoms with Gasteiger partial charge in [0.05, 0.1) is 7.11 Å². The summed E-state index contributed by atoms with van der Waals surface area (Å²) >= 11 is 1.59. The molecule has 7 heteroatoms. The first kappa shape index (κ1) is 16.4. The van der Waals surface area contributed by atoms with Crippen LogP contribution in [0, 0.1) is 6.92 Å². The van der Waals surface area contributed by atoms with E-state index < -0.39 is 0 Å². The van der Waals surface area contributed by atoms with Crippen LogP contribution in [0.25, 0.3) is 0 Å². The summed E-state index contributed by atoms with van der Waals surface area (Å²) in [6.07, 6.45) is 0.787. The van der Waals surface area contributed by atoms with Gasteiger partial charge < -0.3 is 15.0 Å². The van der Waals surface area contributed by atoms with Crippen LogP contribution in [0.15, 0.2) is 23.4 Å². The fourth-order valence-electron chi connectivity index (χ4n) is 2.09. The van der Waals surface area contributed by atoms with E-state index in [0.717, 1.165) is 28.0 Å². The number of hydrogen-bond acceptors (Lipinski definition) is 5. The fraction of sp³-hybridized carbons (Fsp3) is 0.400. The maximum atomic E-state index is 10.8. The van der Waals surface area contributed by atoms with Gasteiger partial charge in [0.25, 0.3) is 0 Å². The summed E-state index contributed by atoms with van der Waals surface area (Å²) in [6.45, 7) is 2.05. The number of benzene rings is 1. The molecule has 1 aromatic carbocycles. The number of primary amides is 1. The minimum atomic E-state index is -0.332. The van der Waals surface area contributed by atoms with Crippen molar-refractivity contribution >= 4 is 17.7 Å². The lowest BCUT2D eigenvalue weighted by Gasteiger charge is -2.09. The predicted octanol–water partition coefficient (Wildman–Crippen LogP) is 1.84. The summed E-state index contributed by atoms with van der Waals surface area (Å²) in [6, 6.07) is 6.10. The number of nitrogens with zero attached hydrogens (tertiary/aromatic N) is 3. The van der Waals surface area contributed by atoms with Crippen molar-refractivity contribution in [1.29, 1.82) is 0 Å². The predicted molar refractivity (Wildman–Crippen MR) is 85.8 cm³/mol. The van der Waals surface area contributed by atoms with E-state index >= 15 is 0 Å². The zero-order chi connectivity index (χ0) is 16.1. The first-order valence-corrected chi connectivity index (χ1v) is 7.92. The third kappa shape index (κ3) is 4.00. The lowest BCUT2D eigenvalue weighted by Crippen LogP contribution is -2.12. The van der Waals surface area contributed by atoms with E-state index in [-0.39, 0.29) is 12.3 Å². The van der Waals surface area contributed by atoms with Gasteiger partial charge in [-0.05, 0) is 13.0 Å². The molecular weight excluding hydrogens is 300 g/mol. The Morgan fingerprint density at radius 2 is 2.18 bits per heavy atom. The maximum Gasteiger partial charge on any atom is 0.217 e. The molecule has 0 saturated carbocycles. The summed E-state index contributed by atoms with van der Waals surface area (Å²) in [5.41, 5.74) is 7.47. The van der Waals surface area contributed by atoms with Crippen LogP contribution in [0.3, 0.4) is 0 Å². The quantitative estimate of drug-likeness (QED) is 0.787. The van der Waals surface area contributed by atoms with E-state index in [2.05, 4.69) is 23.2 Å². The van der Waals surface area contributed by atoms with E-state index in [0.29, 0.717) is 6.42 Å². The number of amides is 1. The average molecular weight is 320 g/mol. The van der Waals surface area contributed by atoms with E-state index in [1.165, 1.54) is 5.56 Å². The zero-order valence-electron chi connectivity index (χ0n) is 13.0. The molecule has 22 heavy (non-hydrogen) atoms. The highest BCUT2D eigenvalue weighted by atomic mass is 32.2. The van der Waals surface area contributed by atoms with Gasteiger partial charge in [-0.1, -0.05) is 29.5 Å². The monoisotopic (exact) mass is 320 g/mol. The van der Waals surface area contributed by atoms with Gasteiger partial charge in [0, 0.05) is 31.2 Å². The van der Waals surface area contributed by atoms with Crippen LogP contribution in [0.5, 0.6) is 5.75 Å². The molecule has 2 N–H and O–H groups in total. The van der Waals surface area contributed by atoms with Gasteiger partial charge in [0.2, 0.25) is 5.91 Å². The topological polar surface area (TPSA) is 83.0 Å². The second kappa shape index (κ2) is 7.31. The lowest BCUT2D eigenvalue weighted by molar-refractivity contribution is -0.118. The van der Waals surface area contributed by atoms with Gasteiger partial charge in [-0.3, -0.25) is 4.79 Å². The maximum absolute atomic E-state index is 10.8. The van der Waals surface area contributed by atoms with Crippen LogP contribution in [0.2, 0.25) is 0 Å². The van der Waals surface area contributed by atoms with E-state index in [1.54, 1.807) is 18.9 Å². The largest absolute Gasteiger partial charge is 0.496 e. The number of carbonyl (C=O) groups is 1. The van der Waals surface area contributed by atoms with E-state index in [1.807, 2.05) is 23.7 Å². The Bertz CT molecular complexity index is 670. The Balaban J connectivity index is 2.06. The van der Waals surface area contributed by atoms with Crippen LogP contribution in [0.1, 0.15) is 23.4 Å². The van der Waals surface area contributed by atoms with Gasteiger partial charge in [0.1, 0.15) is 11.6 Å². The molecule has 118 valence electrons. The third-order valence-electron chi connectivity index (χ3n) is 3.31. The molecule has 0 bridgehead atoms. The number of aromatic nitrogens is 3. The summed E-state index contributed by atoms with van der Waals surface area (Å²) in [5, 5.41) is 9.09. The van der Waals surface area contributed by atoms with Gasteiger partial charge in [-0.2, -0.15) is 0 Å². The van der Waals surface area contributed by atoms with Gasteiger partial charge in [-0.15, -0.1) is 10.2 Å². The van der Waals surface area contributed by atoms with Gasteiger partial charge in [-0.25, -0.2) is 0 Å². The fourth-order valence-corrected chi connectivity index (χ4v) is 2.99. The minimum absolute atomic E-state index is 0.280. The summed E-state index contributed by atoms with van der Waals surface area (Å²) in [4.78, 5) is 10.8. The van der Waals surface area contributed by atoms with Crippen molar-refractivity contribution in [2.45, 2.75) is 30.7 Å².